The van der Waals surface area contributed by atoms with Crippen LogP contribution < -0.4 is 0 Å². The zero-order valence-corrected chi connectivity index (χ0v) is 7.13. The molecule has 0 fully saturated rings. The Labute approximate surface area is 66.7 Å². The summed E-state index contributed by atoms with van der Waals surface area (Å²) in [7, 11) is 0. The van der Waals surface area contributed by atoms with Gasteiger partial charge >= 0.3 is 5.97 Å². The summed E-state index contributed by atoms with van der Waals surface area (Å²) in [6.45, 7) is 5.95. The van der Waals surface area contributed by atoms with Crippen LogP contribution in [0.2, 0.25) is 0 Å². The van der Waals surface area contributed by atoms with Gasteiger partial charge in [0.1, 0.15) is 0 Å². The number of carboxylic acid groups (broad SMARTS) is 1. The Balaban J connectivity index is 3.68. The fourth-order valence-corrected chi connectivity index (χ4v) is 0.551. The summed E-state index contributed by atoms with van der Waals surface area (Å²) in [4.78, 5) is 10.1. The molecule has 0 aromatic carbocycles. The van der Waals surface area contributed by atoms with Crippen molar-refractivity contribution in [2.45, 2.75) is 26.9 Å². The predicted molar refractivity (Wildman–Crippen MR) is 42.5 cm³/mol. The second kappa shape index (κ2) is 4.91. The summed E-state index contributed by atoms with van der Waals surface area (Å²) < 4.78 is 5.17. The van der Waals surface area contributed by atoms with Gasteiger partial charge < -0.3 is 9.84 Å². The van der Waals surface area contributed by atoms with Crippen LogP contribution in [-0.4, -0.2) is 23.8 Å². The molecule has 0 aromatic rings. The smallest absolute Gasteiger partial charge is 0.328 e. The Morgan fingerprint density at radius 2 is 2.18 bits per heavy atom. The summed E-state index contributed by atoms with van der Waals surface area (Å²) in [5.41, 5.74) is 0.728. The molecule has 0 aliphatic heterocycles. The van der Waals surface area contributed by atoms with E-state index in [1.165, 1.54) is 0 Å². The molecular formula is C8H14O3. The van der Waals surface area contributed by atoms with Gasteiger partial charge in [-0.3, -0.25) is 0 Å². The Hall–Kier alpha value is -0.830. The third-order valence-electron chi connectivity index (χ3n) is 1.01. The first-order valence-electron chi connectivity index (χ1n) is 3.54. The van der Waals surface area contributed by atoms with E-state index in [-0.39, 0.29) is 6.10 Å². The molecule has 0 radical (unpaired) electrons. The second-order valence-electron chi connectivity index (χ2n) is 2.69. The Bertz CT molecular complexity index is 159. The highest BCUT2D eigenvalue weighted by atomic mass is 16.5. The zero-order chi connectivity index (χ0) is 8.85. The van der Waals surface area contributed by atoms with Crippen molar-refractivity contribution in [3.63, 3.8) is 0 Å². The van der Waals surface area contributed by atoms with Gasteiger partial charge in [0, 0.05) is 6.08 Å². The van der Waals surface area contributed by atoms with Gasteiger partial charge in [-0.1, -0.05) is 0 Å². The van der Waals surface area contributed by atoms with E-state index in [1.807, 2.05) is 13.8 Å². The van der Waals surface area contributed by atoms with Crippen LogP contribution in [0.25, 0.3) is 0 Å². The van der Waals surface area contributed by atoms with Crippen molar-refractivity contribution in [2.75, 3.05) is 6.61 Å². The minimum absolute atomic E-state index is 0.146. The number of carbonyl (C=O) groups is 1. The summed E-state index contributed by atoms with van der Waals surface area (Å²) in [6, 6.07) is 0. The number of ether oxygens (including phenoxy) is 1. The van der Waals surface area contributed by atoms with Gasteiger partial charge in [0.15, 0.2) is 0 Å². The fraction of sp³-hybridized carbons (Fsp3) is 0.625. The average Bonchev–Trinajstić information content (AvgIpc) is 1.82. The minimum Gasteiger partial charge on any atom is -0.478 e. The van der Waals surface area contributed by atoms with Gasteiger partial charge in [0.05, 0.1) is 12.7 Å². The lowest BCUT2D eigenvalue weighted by Gasteiger charge is -2.06. The molecule has 0 unspecified atom stereocenters. The molecule has 0 rings (SSSR count). The molecule has 0 heterocycles. The molecule has 0 aromatic heterocycles. The Morgan fingerprint density at radius 3 is 2.55 bits per heavy atom. The SMILES string of the molecule is CC(=CC(=O)O)COC(C)C. The first-order valence-corrected chi connectivity index (χ1v) is 3.54. The average molecular weight is 158 g/mol. The maximum Gasteiger partial charge on any atom is 0.328 e. The molecule has 0 saturated heterocycles. The van der Waals surface area contributed by atoms with Crippen molar-refractivity contribution in [2.24, 2.45) is 0 Å². The van der Waals surface area contributed by atoms with Gasteiger partial charge in [0.2, 0.25) is 0 Å². The van der Waals surface area contributed by atoms with Crippen molar-refractivity contribution < 1.29 is 14.6 Å². The van der Waals surface area contributed by atoms with Crippen molar-refractivity contribution in [1.29, 1.82) is 0 Å². The summed E-state index contributed by atoms with van der Waals surface area (Å²) in [5, 5.41) is 8.32. The molecule has 0 bridgehead atoms. The third-order valence-corrected chi connectivity index (χ3v) is 1.01. The molecule has 0 saturated carbocycles. The molecule has 0 amide bonds. The van der Waals surface area contributed by atoms with E-state index in [0.29, 0.717) is 6.61 Å². The lowest BCUT2D eigenvalue weighted by molar-refractivity contribution is -0.131. The van der Waals surface area contributed by atoms with E-state index in [4.69, 9.17) is 9.84 Å². The summed E-state index contributed by atoms with van der Waals surface area (Å²) >= 11 is 0. The molecule has 11 heavy (non-hydrogen) atoms. The van der Waals surface area contributed by atoms with Crippen LogP contribution in [0.4, 0.5) is 0 Å². The maximum atomic E-state index is 10.1. The first-order chi connectivity index (χ1) is 5.02. The molecule has 1 N–H and O–H groups in total. The third kappa shape index (κ3) is 7.06. The fourth-order valence-electron chi connectivity index (χ4n) is 0.551. The van der Waals surface area contributed by atoms with E-state index < -0.39 is 5.97 Å². The highest BCUT2D eigenvalue weighted by molar-refractivity contribution is 5.80. The van der Waals surface area contributed by atoms with Crippen molar-refractivity contribution in [1.82, 2.24) is 0 Å². The number of hydrogen-bond acceptors (Lipinski definition) is 2. The molecular weight excluding hydrogens is 144 g/mol. The maximum absolute atomic E-state index is 10.1. The lowest BCUT2D eigenvalue weighted by Crippen LogP contribution is -2.05. The second-order valence-corrected chi connectivity index (χ2v) is 2.69. The number of aliphatic carboxylic acids is 1. The van der Waals surface area contributed by atoms with Crippen LogP contribution in [-0.2, 0) is 9.53 Å². The topological polar surface area (TPSA) is 46.5 Å². The summed E-state index contributed by atoms with van der Waals surface area (Å²) in [5.74, 6) is -0.921. The van der Waals surface area contributed by atoms with Crippen molar-refractivity contribution >= 4 is 5.97 Å². The lowest BCUT2D eigenvalue weighted by atomic mass is 10.3. The monoisotopic (exact) mass is 158 g/mol. The largest absolute Gasteiger partial charge is 0.478 e. The van der Waals surface area contributed by atoms with Crippen molar-refractivity contribution in [3.8, 4) is 0 Å². The molecule has 0 aliphatic carbocycles. The quantitative estimate of drug-likeness (QED) is 0.630. The zero-order valence-electron chi connectivity index (χ0n) is 7.13. The van der Waals surface area contributed by atoms with Gasteiger partial charge in [0.25, 0.3) is 0 Å². The highest BCUT2D eigenvalue weighted by Crippen LogP contribution is 1.96. The molecule has 3 nitrogen and oxygen atoms in total. The van der Waals surface area contributed by atoms with E-state index in [9.17, 15) is 4.79 Å². The number of rotatable bonds is 4. The number of carboxylic acids is 1. The first kappa shape index (κ1) is 10.2. The summed E-state index contributed by atoms with van der Waals surface area (Å²) in [6.07, 6.45) is 1.30. The van der Waals surface area contributed by atoms with Crippen LogP contribution in [0.3, 0.4) is 0 Å². The van der Waals surface area contributed by atoms with Crippen LogP contribution >= 0.6 is 0 Å². The molecule has 0 aliphatic rings. The normalized spacial score (nSPS) is 12.2. The van der Waals surface area contributed by atoms with Gasteiger partial charge in [-0.2, -0.15) is 0 Å². The molecule has 0 atom stereocenters. The van der Waals surface area contributed by atoms with Crippen molar-refractivity contribution in [3.05, 3.63) is 11.6 Å². The van der Waals surface area contributed by atoms with Crippen LogP contribution in [0.15, 0.2) is 11.6 Å². The van der Waals surface area contributed by atoms with Crippen LogP contribution in [0.1, 0.15) is 20.8 Å². The molecule has 64 valence electrons. The Kier molecular flexibility index (Phi) is 4.54. The van der Waals surface area contributed by atoms with E-state index >= 15 is 0 Å². The predicted octanol–water partition coefficient (Wildman–Crippen LogP) is 1.44. The highest BCUT2D eigenvalue weighted by Gasteiger charge is 1.96. The minimum atomic E-state index is -0.921. The Morgan fingerprint density at radius 1 is 1.64 bits per heavy atom. The van der Waals surface area contributed by atoms with Gasteiger partial charge in [-0.05, 0) is 26.3 Å². The number of hydrogen-bond donors (Lipinski definition) is 1. The van der Waals surface area contributed by atoms with Gasteiger partial charge in [-0.15, -0.1) is 0 Å². The van der Waals surface area contributed by atoms with E-state index in [0.717, 1.165) is 11.6 Å². The standard InChI is InChI=1S/C8H14O3/c1-6(2)11-5-7(3)4-8(9)10/h4,6H,5H2,1-3H3,(H,9,10). The molecule has 3 heteroatoms. The molecule has 0 spiro atoms. The van der Waals surface area contributed by atoms with E-state index in [1.54, 1.807) is 6.92 Å². The van der Waals surface area contributed by atoms with Crippen LogP contribution in [0, 0.1) is 0 Å². The van der Waals surface area contributed by atoms with Gasteiger partial charge in [-0.25, -0.2) is 4.79 Å². The van der Waals surface area contributed by atoms with Crippen LogP contribution in [0.5, 0.6) is 0 Å². The van der Waals surface area contributed by atoms with E-state index in [2.05, 4.69) is 0 Å².